The largest absolute Gasteiger partial charge is 0.469 e. The van der Waals surface area contributed by atoms with Gasteiger partial charge >= 0.3 is 7.82 Å². The summed E-state index contributed by atoms with van der Waals surface area (Å²) in [5.41, 5.74) is -1.18. The average molecular weight is 588 g/mol. The molecule has 8 nitrogen and oxygen atoms in total. The van der Waals surface area contributed by atoms with Crippen LogP contribution >= 0.6 is 7.82 Å². The van der Waals surface area contributed by atoms with Gasteiger partial charge in [0.2, 0.25) is 0 Å². The van der Waals surface area contributed by atoms with Crippen LogP contribution in [0.3, 0.4) is 0 Å². The van der Waals surface area contributed by atoms with E-state index in [4.69, 9.17) is 14.5 Å². The number of phosphoric acid groups is 1. The Labute approximate surface area is 244 Å². The van der Waals surface area contributed by atoms with Gasteiger partial charge in [0.15, 0.2) is 11.6 Å². The first kappa shape index (κ1) is 30.8. The highest BCUT2D eigenvalue weighted by atomic mass is 31.2. The lowest BCUT2D eigenvalue weighted by molar-refractivity contribution is -0.215. The third-order valence-corrected chi connectivity index (χ3v) is 13.0. The van der Waals surface area contributed by atoms with Crippen molar-refractivity contribution in [1.82, 2.24) is 0 Å². The summed E-state index contributed by atoms with van der Waals surface area (Å²) in [6.07, 6.45) is 9.57. The first-order valence-corrected chi connectivity index (χ1v) is 16.6. The Morgan fingerprint density at radius 1 is 1.00 bits per heavy atom. The fourth-order valence-corrected chi connectivity index (χ4v) is 10.6. The van der Waals surface area contributed by atoms with E-state index >= 15 is 0 Å². The molecule has 3 fully saturated rings. The molecule has 5 rings (SSSR count). The number of fused-ring (bicyclic) bond motifs is 7. The van der Waals surface area contributed by atoms with Gasteiger partial charge in [0.25, 0.3) is 0 Å². The molecule has 0 heterocycles. The number of ether oxygens (including phenoxy) is 1. The Kier molecular flexibility index (Phi) is 7.10. The first-order chi connectivity index (χ1) is 18.8. The van der Waals surface area contributed by atoms with Gasteiger partial charge in [-0.2, -0.15) is 5.26 Å². The van der Waals surface area contributed by atoms with E-state index in [0.29, 0.717) is 0 Å². The minimum Gasteiger partial charge on any atom is -0.372 e. The normalized spacial score (nSPS) is 43.0. The number of nitrogens with zero attached hydrogens (tertiary/aromatic N) is 1. The predicted octanol–water partition coefficient (Wildman–Crippen LogP) is 6.08. The number of allylic oxidation sites excluding steroid dienone is 4. The summed E-state index contributed by atoms with van der Waals surface area (Å²) in [6, 6.07) is 2.16. The van der Waals surface area contributed by atoms with Crippen LogP contribution in [-0.4, -0.2) is 40.2 Å². The van der Waals surface area contributed by atoms with Crippen LogP contribution in [0.1, 0.15) is 93.4 Å². The van der Waals surface area contributed by atoms with Crippen molar-refractivity contribution in [1.29, 1.82) is 5.26 Å². The van der Waals surface area contributed by atoms with Gasteiger partial charge in [-0.1, -0.05) is 60.1 Å². The van der Waals surface area contributed by atoms with Crippen molar-refractivity contribution in [3.63, 3.8) is 0 Å². The van der Waals surface area contributed by atoms with Gasteiger partial charge in [-0.25, -0.2) is 4.57 Å². The van der Waals surface area contributed by atoms with E-state index < -0.39 is 24.3 Å². The van der Waals surface area contributed by atoms with Crippen LogP contribution < -0.4 is 0 Å². The van der Waals surface area contributed by atoms with Crippen LogP contribution in [0.15, 0.2) is 23.3 Å². The maximum absolute atomic E-state index is 14.5. The van der Waals surface area contributed by atoms with Gasteiger partial charge in [-0.3, -0.25) is 14.1 Å². The van der Waals surface area contributed by atoms with Crippen molar-refractivity contribution >= 4 is 19.4 Å². The van der Waals surface area contributed by atoms with Gasteiger partial charge in [-0.05, 0) is 79.1 Å². The van der Waals surface area contributed by atoms with E-state index in [-0.39, 0.29) is 64.4 Å². The first-order valence-electron chi connectivity index (χ1n) is 15.0. The Morgan fingerprint density at radius 2 is 1.66 bits per heavy atom. The fraction of sp³-hybridized carbons (Fsp3) is 0.781. The molecule has 0 aromatic heterocycles. The molecular formula is C32H46NO7P. The second kappa shape index (κ2) is 9.44. The number of ketones is 2. The molecule has 3 saturated carbocycles. The van der Waals surface area contributed by atoms with Gasteiger partial charge in [-0.15, -0.1) is 0 Å². The second-order valence-corrected chi connectivity index (χ2v) is 16.7. The zero-order valence-corrected chi connectivity index (χ0v) is 26.5. The summed E-state index contributed by atoms with van der Waals surface area (Å²) >= 11 is 0. The number of rotatable bonds is 5. The van der Waals surface area contributed by atoms with Crippen molar-refractivity contribution in [3.05, 3.63) is 23.3 Å². The molecular weight excluding hydrogens is 541 g/mol. The molecule has 0 unspecified atom stereocenters. The number of nitriles is 1. The number of hydrogen-bond donors (Lipinski definition) is 2. The van der Waals surface area contributed by atoms with Crippen LogP contribution in [0, 0.1) is 56.2 Å². The highest BCUT2D eigenvalue weighted by molar-refractivity contribution is 7.46. The molecule has 0 amide bonds. The Morgan fingerprint density at radius 3 is 2.29 bits per heavy atom. The fourth-order valence-electron chi connectivity index (χ4n) is 10.2. The lowest BCUT2D eigenvalue weighted by Crippen LogP contribution is -2.66. The maximum atomic E-state index is 14.5. The molecule has 0 saturated heterocycles. The van der Waals surface area contributed by atoms with E-state index in [2.05, 4.69) is 45.2 Å². The summed E-state index contributed by atoms with van der Waals surface area (Å²) < 4.78 is 22.5. The SMILES string of the molecule is CC1(C)CC[C@]2(OCCOP(=O)(O)O)CC[C@]3(C)[C@H](C(=O)C=C4[C@@]5(C)C=C(C#N)C(=O)C(C)(C)[C@@H]5CC[C@]43C)[C@@H]2C1. The van der Waals surface area contributed by atoms with E-state index in [1.807, 2.05) is 26.0 Å². The molecule has 0 aliphatic heterocycles. The van der Waals surface area contributed by atoms with Crippen LogP contribution in [0.25, 0.3) is 0 Å². The number of Topliss-reactive ketones (excluding diaryl/α,β-unsaturated/α-hetero) is 1. The third-order valence-electron chi connectivity index (χ3n) is 12.5. The minimum absolute atomic E-state index is 0.000488. The smallest absolute Gasteiger partial charge is 0.372 e. The molecule has 41 heavy (non-hydrogen) atoms. The monoisotopic (exact) mass is 587 g/mol. The standard InChI is InChI=1S/C32H46NO7P/c1-27(2)10-12-32(39-14-15-40-41(36,37)38)13-11-31(7)25(21(32)18-27)22(34)16-24-29(5)17-20(19-33)26(35)28(3,4)23(29)8-9-30(24,31)6/h16-17,21,23,25H,8-15,18H2,1-7H3,(H2,36,37,38)/t21-,23-,25-,29-,30+,31+,32-/m0/s1. The molecule has 0 aromatic carbocycles. The minimum atomic E-state index is -4.59. The van der Waals surface area contributed by atoms with Gasteiger partial charge in [0, 0.05) is 16.7 Å². The molecule has 5 aliphatic rings. The Balaban J connectivity index is 1.58. The lowest BCUT2D eigenvalue weighted by Gasteiger charge is -2.69. The molecule has 7 atom stereocenters. The molecule has 226 valence electrons. The molecule has 9 heteroatoms. The van der Waals surface area contributed by atoms with Gasteiger partial charge in [0.05, 0.1) is 24.4 Å². The van der Waals surface area contributed by atoms with E-state index in [1.54, 1.807) is 0 Å². The summed E-state index contributed by atoms with van der Waals surface area (Å²) in [7, 11) is -4.59. The van der Waals surface area contributed by atoms with Gasteiger partial charge in [0.1, 0.15) is 6.07 Å². The maximum Gasteiger partial charge on any atom is 0.469 e. The Bertz CT molecular complexity index is 1320. The molecule has 0 bridgehead atoms. The second-order valence-electron chi connectivity index (χ2n) is 15.5. The van der Waals surface area contributed by atoms with Crippen molar-refractivity contribution < 1.29 is 33.2 Å². The van der Waals surface area contributed by atoms with Crippen molar-refractivity contribution in [2.45, 2.75) is 99.0 Å². The molecule has 0 radical (unpaired) electrons. The molecule has 5 aliphatic carbocycles. The topological polar surface area (TPSA) is 134 Å². The molecule has 0 aromatic rings. The predicted molar refractivity (Wildman–Crippen MR) is 153 cm³/mol. The highest BCUT2D eigenvalue weighted by Crippen LogP contribution is 2.73. The van der Waals surface area contributed by atoms with Crippen molar-refractivity contribution in [2.24, 2.45) is 44.8 Å². The summed E-state index contributed by atoms with van der Waals surface area (Å²) in [4.78, 5) is 46.0. The molecule has 2 N–H and O–H groups in total. The summed E-state index contributed by atoms with van der Waals surface area (Å²) in [6.45, 7) is 15.0. The van der Waals surface area contributed by atoms with Gasteiger partial charge < -0.3 is 14.5 Å². The Hall–Kier alpha value is -1.62. The van der Waals surface area contributed by atoms with E-state index in [0.717, 1.165) is 50.5 Å². The zero-order chi connectivity index (χ0) is 30.4. The highest BCUT2D eigenvalue weighted by Gasteiger charge is 2.70. The van der Waals surface area contributed by atoms with Crippen LogP contribution in [0.2, 0.25) is 0 Å². The third kappa shape index (κ3) is 4.49. The summed E-state index contributed by atoms with van der Waals surface area (Å²) in [5, 5.41) is 9.90. The quantitative estimate of drug-likeness (QED) is 0.292. The number of phosphoric ester groups is 1. The average Bonchev–Trinajstić information content (AvgIpc) is 2.85. The van der Waals surface area contributed by atoms with Crippen molar-refractivity contribution in [2.75, 3.05) is 13.2 Å². The van der Waals surface area contributed by atoms with Crippen molar-refractivity contribution in [3.8, 4) is 6.07 Å². The van der Waals surface area contributed by atoms with Crippen LogP contribution in [0.4, 0.5) is 0 Å². The van der Waals surface area contributed by atoms with Crippen LogP contribution in [-0.2, 0) is 23.4 Å². The van der Waals surface area contributed by atoms with Crippen LogP contribution in [0.5, 0.6) is 0 Å². The number of carbonyl (C=O) groups is 2. The van der Waals surface area contributed by atoms with E-state index in [1.165, 1.54) is 0 Å². The summed E-state index contributed by atoms with van der Waals surface area (Å²) in [5.74, 6) is -0.303. The number of hydrogen-bond acceptors (Lipinski definition) is 6. The zero-order valence-electron chi connectivity index (χ0n) is 25.6. The molecule has 0 spiro atoms. The lowest BCUT2D eigenvalue weighted by atomic mass is 9.35. The number of carbonyl (C=O) groups excluding carboxylic acids is 2. The van der Waals surface area contributed by atoms with E-state index in [9.17, 15) is 19.4 Å².